The molecule has 1 aliphatic rings. The monoisotopic (exact) mass is 261 g/mol. The van der Waals surface area contributed by atoms with E-state index in [1.165, 1.54) is 35.0 Å². The van der Waals surface area contributed by atoms with Crippen molar-refractivity contribution < 1.29 is 4.74 Å². The van der Waals surface area contributed by atoms with Crippen molar-refractivity contribution in [2.24, 2.45) is 0 Å². The summed E-state index contributed by atoms with van der Waals surface area (Å²) in [7, 11) is 0. The molecule has 96 valence electrons. The van der Waals surface area contributed by atoms with Gasteiger partial charge in [0.1, 0.15) is 0 Å². The third-order valence-corrected chi connectivity index (χ3v) is 4.59. The zero-order valence-corrected chi connectivity index (χ0v) is 11.4. The van der Waals surface area contributed by atoms with E-state index in [-0.39, 0.29) is 0 Å². The van der Waals surface area contributed by atoms with Gasteiger partial charge in [-0.1, -0.05) is 18.2 Å². The predicted octanol–water partition coefficient (Wildman–Crippen LogP) is 3.17. The molecule has 1 fully saturated rings. The van der Waals surface area contributed by atoms with Gasteiger partial charge in [-0.3, -0.25) is 4.90 Å². The predicted molar refractivity (Wildman–Crippen MR) is 77.4 cm³/mol. The van der Waals surface area contributed by atoms with E-state index in [0.717, 1.165) is 26.3 Å². The molecule has 0 atom stereocenters. The van der Waals surface area contributed by atoms with Crippen LogP contribution in [0.15, 0.2) is 29.6 Å². The van der Waals surface area contributed by atoms with Crippen LogP contribution in [0.5, 0.6) is 0 Å². The zero-order chi connectivity index (χ0) is 12.2. The Kier molecular flexibility index (Phi) is 3.93. The average molecular weight is 261 g/mol. The van der Waals surface area contributed by atoms with Crippen molar-refractivity contribution in [1.29, 1.82) is 0 Å². The number of aryl methyl sites for hydroxylation is 1. The second-order valence-electron chi connectivity index (χ2n) is 4.81. The summed E-state index contributed by atoms with van der Waals surface area (Å²) in [6, 6.07) is 8.88. The number of fused-ring (bicyclic) bond motifs is 1. The molecule has 0 unspecified atom stereocenters. The van der Waals surface area contributed by atoms with E-state index in [1.54, 1.807) is 0 Å². The average Bonchev–Trinajstić information content (AvgIpc) is 2.89. The Morgan fingerprint density at radius 2 is 2.06 bits per heavy atom. The third-order valence-electron chi connectivity index (χ3n) is 3.58. The molecule has 1 aromatic heterocycles. The lowest BCUT2D eigenvalue weighted by Gasteiger charge is -2.26. The van der Waals surface area contributed by atoms with Gasteiger partial charge >= 0.3 is 0 Å². The first kappa shape index (κ1) is 12.2. The van der Waals surface area contributed by atoms with Crippen molar-refractivity contribution >= 4 is 21.4 Å². The van der Waals surface area contributed by atoms with Crippen molar-refractivity contribution in [3.63, 3.8) is 0 Å². The minimum atomic E-state index is 0.903. The fourth-order valence-electron chi connectivity index (χ4n) is 2.57. The molecule has 18 heavy (non-hydrogen) atoms. The molecule has 0 N–H and O–H groups in total. The van der Waals surface area contributed by atoms with Crippen LogP contribution in [-0.4, -0.2) is 37.7 Å². The molecule has 1 saturated heterocycles. The smallest absolute Gasteiger partial charge is 0.0594 e. The van der Waals surface area contributed by atoms with Crippen LogP contribution in [0.3, 0.4) is 0 Å². The van der Waals surface area contributed by atoms with Crippen molar-refractivity contribution in [2.45, 2.75) is 12.8 Å². The van der Waals surface area contributed by atoms with E-state index >= 15 is 0 Å². The van der Waals surface area contributed by atoms with Crippen molar-refractivity contribution in [3.05, 3.63) is 35.2 Å². The fourth-order valence-corrected chi connectivity index (χ4v) is 3.51. The Morgan fingerprint density at radius 3 is 2.94 bits per heavy atom. The summed E-state index contributed by atoms with van der Waals surface area (Å²) in [6.45, 7) is 5.21. The molecule has 0 aliphatic carbocycles. The van der Waals surface area contributed by atoms with Crippen LogP contribution in [-0.2, 0) is 11.2 Å². The molecule has 0 spiro atoms. The highest BCUT2D eigenvalue weighted by Crippen LogP contribution is 2.25. The number of hydrogen-bond donors (Lipinski definition) is 0. The van der Waals surface area contributed by atoms with Crippen molar-refractivity contribution in [3.8, 4) is 0 Å². The third kappa shape index (κ3) is 2.74. The molecule has 3 rings (SSSR count). The van der Waals surface area contributed by atoms with Crippen LogP contribution in [0.4, 0.5) is 0 Å². The first-order valence-electron chi connectivity index (χ1n) is 6.69. The second kappa shape index (κ2) is 5.83. The van der Waals surface area contributed by atoms with Crippen LogP contribution in [0.25, 0.3) is 10.1 Å². The molecule has 2 heterocycles. The summed E-state index contributed by atoms with van der Waals surface area (Å²) < 4.78 is 6.84. The second-order valence-corrected chi connectivity index (χ2v) is 5.73. The maximum Gasteiger partial charge on any atom is 0.0594 e. The Bertz CT molecular complexity index is 502. The largest absolute Gasteiger partial charge is 0.379 e. The van der Waals surface area contributed by atoms with E-state index in [9.17, 15) is 0 Å². The highest BCUT2D eigenvalue weighted by molar-refractivity contribution is 7.17. The van der Waals surface area contributed by atoms with Crippen LogP contribution in [0.2, 0.25) is 0 Å². The number of ether oxygens (including phenoxy) is 1. The summed E-state index contributed by atoms with van der Waals surface area (Å²) in [5, 5.41) is 3.58. The van der Waals surface area contributed by atoms with Gasteiger partial charge in [-0.25, -0.2) is 0 Å². The van der Waals surface area contributed by atoms with Gasteiger partial charge in [0, 0.05) is 17.8 Å². The fraction of sp³-hybridized carbons (Fsp3) is 0.467. The van der Waals surface area contributed by atoms with Crippen LogP contribution < -0.4 is 0 Å². The topological polar surface area (TPSA) is 12.5 Å². The Balaban J connectivity index is 1.57. The molecule has 2 aromatic rings. The number of nitrogens with zero attached hydrogens (tertiary/aromatic N) is 1. The number of rotatable bonds is 4. The van der Waals surface area contributed by atoms with E-state index in [4.69, 9.17) is 4.74 Å². The summed E-state index contributed by atoms with van der Waals surface area (Å²) >= 11 is 1.87. The normalized spacial score (nSPS) is 17.3. The Morgan fingerprint density at radius 1 is 1.17 bits per heavy atom. The van der Waals surface area contributed by atoms with Gasteiger partial charge in [-0.15, -0.1) is 11.3 Å². The van der Waals surface area contributed by atoms with Crippen LogP contribution >= 0.6 is 11.3 Å². The number of benzene rings is 1. The molecule has 0 saturated carbocycles. The van der Waals surface area contributed by atoms with Gasteiger partial charge in [0.25, 0.3) is 0 Å². The highest BCUT2D eigenvalue weighted by atomic mass is 32.1. The van der Waals surface area contributed by atoms with Gasteiger partial charge in [0.05, 0.1) is 13.2 Å². The minimum absolute atomic E-state index is 0.903. The maximum atomic E-state index is 5.37. The van der Waals surface area contributed by atoms with E-state index in [2.05, 4.69) is 34.5 Å². The molecular weight excluding hydrogens is 242 g/mol. The summed E-state index contributed by atoms with van der Waals surface area (Å²) in [4.78, 5) is 2.51. The molecular formula is C15H19NOS. The van der Waals surface area contributed by atoms with Gasteiger partial charge in [-0.2, -0.15) is 0 Å². The zero-order valence-electron chi connectivity index (χ0n) is 10.6. The van der Waals surface area contributed by atoms with Crippen molar-refractivity contribution in [1.82, 2.24) is 4.90 Å². The molecule has 0 radical (unpaired) electrons. The van der Waals surface area contributed by atoms with Gasteiger partial charge in [0.2, 0.25) is 0 Å². The molecule has 0 amide bonds. The lowest BCUT2D eigenvalue weighted by Crippen LogP contribution is -2.36. The number of morpholine rings is 1. The minimum Gasteiger partial charge on any atom is -0.379 e. The summed E-state index contributed by atoms with van der Waals surface area (Å²) in [5.41, 5.74) is 1.51. The van der Waals surface area contributed by atoms with Crippen molar-refractivity contribution in [2.75, 3.05) is 32.8 Å². The Hall–Kier alpha value is -0.900. The van der Waals surface area contributed by atoms with E-state index < -0.39 is 0 Å². The standard InChI is InChI=1S/C15H19NOS/c1-3-13(15-14(4-1)6-12-18-15)5-2-7-16-8-10-17-11-9-16/h1,3-4,6,12H,2,5,7-11H2. The number of hydrogen-bond acceptors (Lipinski definition) is 3. The van der Waals surface area contributed by atoms with Gasteiger partial charge < -0.3 is 4.74 Å². The molecule has 2 nitrogen and oxygen atoms in total. The van der Waals surface area contributed by atoms with Crippen LogP contribution in [0.1, 0.15) is 12.0 Å². The van der Waals surface area contributed by atoms with E-state index in [1.807, 2.05) is 11.3 Å². The van der Waals surface area contributed by atoms with Gasteiger partial charge in [0.15, 0.2) is 0 Å². The number of thiophene rings is 1. The maximum absolute atomic E-state index is 5.37. The quantitative estimate of drug-likeness (QED) is 0.838. The molecule has 0 bridgehead atoms. The lowest BCUT2D eigenvalue weighted by atomic mass is 10.1. The SMILES string of the molecule is c1cc(CCCN2CCOCC2)c2sccc2c1. The first-order valence-corrected chi connectivity index (χ1v) is 7.57. The molecule has 1 aliphatic heterocycles. The molecule has 3 heteroatoms. The highest BCUT2D eigenvalue weighted by Gasteiger charge is 2.10. The summed E-state index contributed by atoms with van der Waals surface area (Å²) in [6.07, 6.45) is 2.44. The first-order chi connectivity index (χ1) is 8.93. The van der Waals surface area contributed by atoms with Gasteiger partial charge in [-0.05, 0) is 41.8 Å². The van der Waals surface area contributed by atoms with E-state index in [0.29, 0.717) is 0 Å². The lowest BCUT2D eigenvalue weighted by molar-refractivity contribution is 0.0375. The summed E-state index contributed by atoms with van der Waals surface area (Å²) in [5.74, 6) is 0. The molecule has 1 aromatic carbocycles. The Labute approximate surface area is 112 Å². The van der Waals surface area contributed by atoms with Crippen LogP contribution in [0, 0.1) is 0 Å².